The average molecular weight is 186 g/mol. The summed E-state index contributed by atoms with van der Waals surface area (Å²) < 4.78 is 0. The zero-order chi connectivity index (χ0) is 0. The van der Waals surface area contributed by atoms with Gasteiger partial charge in [-0.3, -0.25) is 0 Å². The molecule has 0 nitrogen and oxygen atoms in total. The summed E-state index contributed by atoms with van der Waals surface area (Å²) in [6.07, 6.45) is 0. The molecule has 0 aromatic heterocycles. The van der Waals surface area contributed by atoms with E-state index in [1.165, 1.54) is 0 Å². The minimum Gasteiger partial charge on any atom is -2.00 e. The Kier molecular flexibility index (Phi) is 142. The predicted octanol–water partition coefficient (Wildman–Crippen LogP) is -8.57. The third kappa shape index (κ3) is 17.7. The van der Waals surface area contributed by atoms with E-state index in [-0.39, 0.29) is 180 Å². The largest absolute Gasteiger partial charge is 2.00 e. The van der Waals surface area contributed by atoms with E-state index < -0.39 is 0 Å². The van der Waals surface area contributed by atoms with Crippen LogP contribution in [0.25, 0.3) is 0 Å². The Morgan fingerprint density at radius 3 is 0.600 bits per heavy atom. The molecule has 0 bridgehead atoms. The standard InChI is InChI=1S/ClH.3K.S/h1H;;;;/q;3*+1;-2. The van der Waals surface area contributed by atoms with Gasteiger partial charge in [0.25, 0.3) is 0 Å². The van der Waals surface area contributed by atoms with Gasteiger partial charge < -0.3 is 13.5 Å². The molecule has 0 heterocycles. The van der Waals surface area contributed by atoms with Gasteiger partial charge >= 0.3 is 154 Å². The Hall–Kier alpha value is 5.55. The van der Waals surface area contributed by atoms with Crippen LogP contribution in [0, 0.1) is 0 Å². The van der Waals surface area contributed by atoms with E-state index in [0.29, 0.717) is 0 Å². The second-order valence-corrected chi connectivity index (χ2v) is 0. The van der Waals surface area contributed by atoms with Crippen molar-refractivity contribution in [2.75, 3.05) is 0 Å². The molecule has 0 unspecified atom stereocenters. The molecule has 5 heteroatoms. The molecule has 0 saturated heterocycles. The van der Waals surface area contributed by atoms with Crippen molar-refractivity contribution >= 4 is 25.9 Å². The summed E-state index contributed by atoms with van der Waals surface area (Å²) in [4.78, 5) is 0. The quantitative estimate of drug-likeness (QED) is 0.329. The van der Waals surface area contributed by atoms with E-state index in [1.54, 1.807) is 0 Å². The second kappa shape index (κ2) is 22.7. The number of hydrogen-bond acceptors (Lipinski definition) is 0. The van der Waals surface area contributed by atoms with Crippen molar-refractivity contribution in [1.82, 2.24) is 0 Å². The Labute approximate surface area is 173 Å². The average Bonchev–Trinajstić information content (AvgIpc) is 0. The van der Waals surface area contributed by atoms with E-state index in [4.69, 9.17) is 0 Å². The van der Waals surface area contributed by atoms with Crippen LogP contribution in [-0.2, 0) is 13.5 Å². The van der Waals surface area contributed by atoms with Crippen molar-refractivity contribution in [3.05, 3.63) is 0 Å². The Morgan fingerprint density at radius 1 is 0.600 bits per heavy atom. The van der Waals surface area contributed by atoms with Crippen LogP contribution in [-0.4, -0.2) is 0 Å². The first-order valence-corrected chi connectivity index (χ1v) is 0. The molecule has 0 radical (unpaired) electrons. The Morgan fingerprint density at radius 2 is 0.600 bits per heavy atom. The molecule has 0 spiro atoms. The van der Waals surface area contributed by atoms with Crippen molar-refractivity contribution in [2.24, 2.45) is 0 Å². The van der Waals surface area contributed by atoms with Gasteiger partial charge in [0.15, 0.2) is 0 Å². The predicted molar refractivity (Wildman–Crippen MR) is 14.6 cm³/mol. The van der Waals surface area contributed by atoms with E-state index in [1.807, 2.05) is 0 Å². The van der Waals surface area contributed by atoms with Crippen molar-refractivity contribution in [3.8, 4) is 0 Å². The molecule has 0 amide bonds. The summed E-state index contributed by atoms with van der Waals surface area (Å²) in [6, 6.07) is 0. The normalized spacial score (nSPS) is 0. The van der Waals surface area contributed by atoms with Crippen LogP contribution in [0.15, 0.2) is 0 Å². The third-order valence-electron chi connectivity index (χ3n) is 0. The monoisotopic (exact) mass is 185 g/mol. The van der Waals surface area contributed by atoms with E-state index >= 15 is 0 Å². The second-order valence-electron chi connectivity index (χ2n) is 0. The van der Waals surface area contributed by atoms with Crippen LogP contribution < -0.4 is 154 Å². The molecule has 0 atom stereocenters. The van der Waals surface area contributed by atoms with E-state index in [2.05, 4.69) is 0 Å². The van der Waals surface area contributed by atoms with E-state index in [0.717, 1.165) is 0 Å². The molecular formula is HClK3S+. The zero-order valence-electron chi connectivity index (χ0n) is 3.82. The summed E-state index contributed by atoms with van der Waals surface area (Å²) in [5.74, 6) is 0. The molecule has 0 aliphatic heterocycles. The summed E-state index contributed by atoms with van der Waals surface area (Å²) in [7, 11) is 0. The molecule has 0 saturated carbocycles. The molecular weight excluding hydrogens is 185 g/mol. The van der Waals surface area contributed by atoms with Crippen LogP contribution in [0.1, 0.15) is 0 Å². The fourth-order valence-electron chi connectivity index (χ4n) is 0. The Bertz CT molecular complexity index is 6.85. The van der Waals surface area contributed by atoms with Crippen LogP contribution in [0.3, 0.4) is 0 Å². The van der Waals surface area contributed by atoms with Crippen LogP contribution in [0.5, 0.6) is 0 Å². The molecule has 0 aliphatic carbocycles. The van der Waals surface area contributed by atoms with Gasteiger partial charge in [0.05, 0.1) is 0 Å². The molecule has 0 fully saturated rings. The van der Waals surface area contributed by atoms with Gasteiger partial charge in [-0.1, -0.05) is 0 Å². The smallest absolute Gasteiger partial charge is 1.00 e. The SMILES string of the molecule is Cl.[K+].[K+].[K+].[S-2]. The summed E-state index contributed by atoms with van der Waals surface area (Å²) >= 11 is 0. The first kappa shape index (κ1) is 31.2. The Balaban J connectivity index is 0. The fraction of sp³-hybridized carbons (Fsp3) is 0. The van der Waals surface area contributed by atoms with Crippen molar-refractivity contribution in [3.63, 3.8) is 0 Å². The topological polar surface area (TPSA) is 0 Å². The van der Waals surface area contributed by atoms with Gasteiger partial charge in [-0.05, 0) is 0 Å². The number of halogens is 1. The van der Waals surface area contributed by atoms with Gasteiger partial charge in [0, 0.05) is 0 Å². The first-order chi connectivity index (χ1) is 0. The van der Waals surface area contributed by atoms with E-state index in [9.17, 15) is 0 Å². The molecule has 0 aromatic rings. The molecule has 0 rings (SSSR count). The van der Waals surface area contributed by atoms with Gasteiger partial charge in [0.1, 0.15) is 0 Å². The van der Waals surface area contributed by atoms with Gasteiger partial charge in [-0.15, -0.1) is 12.4 Å². The summed E-state index contributed by atoms with van der Waals surface area (Å²) in [5, 5.41) is 0. The zero-order valence-corrected chi connectivity index (χ0v) is 14.8. The minimum absolute atomic E-state index is 0. The number of hydrogen-bond donors (Lipinski definition) is 0. The van der Waals surface area contributed by atoms with Crippen molar-refractivity contribution in [2.45, 2.75) is 0 Å². The third-order valence-corrected chi connectivity index (χ3v) is 0. The first-order valence-electron chi connectivity index (χ1n) is 0. The van der Waals surface area contributed by atoms with Crippen LogP contribution >= 0.6 is 12.4 Å². The molecule has 0 aromatic carbocycles. The molecule has 16 valence electrons. The fourth-order valence-corrected chi connectivity index (χ4v) is 0. The van der Waals surface area contributed by atoms with Gasteiger partial charge in [-0.2, -0.15) is 0 Å². The molecule has 0 N–H and O–H groups in total. The summed E-state index contributed by atoms with van der Waals surface area (Å²) in [5.41, 5.74) is 0. The van der Waals surface area contributed by atoms with Crippen LogP contribution in [0.4, 0.5) is 0 Å². The summed E-state index contributed by atoms with van der Waals surface area (Å²) in [6.45, 7) is 0. The maximum atomic E-state index is 0. The minimum atomic E-state index is 0. The van der Waals surface area contributed by atoms with Crippen molar-refractivity contribution < 1.29 is 154 Å². The van der Waals surface area contributed by atoms with Crippen LogP contribution in [0.2, 0.25) is 0 Å². The molecule has 5 heavy (non-hydrogen) atoms. The number of rotatable bonds is 0. The molecule has 0 aliphatic rings. The van der Waals surface area contributed by atoms with Gasteiger partial charge in [-0.25, -0.2) is 0 Å². The van der Waals surface area contributed by atoms with Gasteiger partial charge in [0.2, 0.25) is 0 Å². The van der Waals surface area contributed by atoms with Crippen molar-refractivity contribution in [1.29, 1.82) is 0 Å². The maximum Gasteiger partial charge on any atom is 1.00 e. The maximum absolute atomic E-state index is 0.